The highest BCUT2D eigenvalue weighted by molar-refractivity contribution is 6.08. The Morgan fingerprint density at radius 2 is 1.94 bits per heavy atom. The van der Waals surface area contributed by atoms with E-state index in [1.165, 1.54) is 57.3 Å². The standard InChI is InChI=1S/C26H34N4O2/c1-28-26(27)30(25-22-12-6-5-11-21(22)19-32-25)23-18-20(13-14-24(23)31-2)10-4-3-7-15-29-16-8-9-17-29/h5-6,11-14,18-19H,3-4,7-10,15-17H2,1-2H3,(H2,27,28). The van der Waals surface area contributed by atoms with Crippen LogP contribution in [0.5, 0.6) is 5.75 Å². The van der Waals surface area contributed by atoms with Gasteiger partial charge in [-0.2, -0.15) is 0 Å². The summed E-state index contributed by atoms with van der Waals surface area (Å²) < 4.78 is 11.6. The van der Waals surface area contributed by atoms with Gasteiger partial charge in [-0.3, -0.25) is 4.99 Å². The van der Waals surface area contributed by atoms with E-state index in [1.807, 2.05) is 35.2 Å². The van der Waals surface area contributed by atoms with Crippen LogP contribution in [-0.2, 0) is 6.42 Å². The molecule has 0 unspecified atom stereocenters. The molecule has 32 heavy (non-hydrogen) atoms. The quantitative estimate of drug-likeness (QED) is 0.280. The minimum absolute atomic E-state index is 0.353. The minimum Gasteiger partial charge on any atom is -0.495 e. The van der Waals surface area contributed by atoms with Crippen LogP contribution in [0.25, 0.3) is 10.8 Å². The predicted molar refractivity (Wildman–Crippen MR) is 132 cm³/mol. The molecule has 1 aliphatic heterocycles. The Morgan fingerprint density at radius 3 is 2.72 bits per heavy atom. The summed E-state index contributed by atoms with van der Waals surface area (Å²) in [5.41, 5.74) is 8.45. The van der Waals surface area contributed by atoms with E-state index >= 15 is 0 Å². The number of likely N-dealkylation sites (tertiary alicyclic amines) is 1. The van der Waals surface area contributed by atoms with Crippen LogP contribution < -0.4 is 15.4 Å². The zero-order valence-corrected chi connectivity index (χ0v) is 19.2. The summed E-state index contributed by atoms with van der Waals surface area (Å²) in [6, 6.07) is 14.3. The predicted octanol–water partition coefficient (Wildman–Crippen LogP) is 5.33. The van der Waals surface area contributed by atoms with E-state index in [0.29, 0.717) is 11.8 Å². The van der Waals surface area contributed by atoms with Gasteiger partial charge in [-0.1, -0.05) is 30.7 Å². The Balaban J connectivity index is 1.54. The molecule has 2 N–H and O–H groups in total. The topological polar surface area (TPSA) is 67.2 Å². The fraction of sp³-hybridized carbons (Fsp3) is 0.423. The largest absolute Gasteiger partial charge is 0.495 e. The van der Waals surface area contributed by atoms with Crippen molar-refractivity contribution in [1.82, 2.24) is 4.90 Å². The number of fused-ring (bicyclic) bond motifs is 1. The second-order valence-electron chi connectivity index (χ2n) is 8.41. The highest BCUT2D eigenvalue weighted by atomic mass is 16.5. The minimum atomic E-state index is 0.353. The van der Waals surface area contributed by atoms with E-state index in [4.69, 9.17) is 14.9 Å². The lowest BCUT2D eigenvalue weighted by Gasteiger charge is -2.24. The highest BCUT2D eigenvalue weighted by Crippen LogP contribution is 2.39. The van der Waals surface area contributed by atoms with Crippen molar-refractivity contribution in [3.05, 3.63) is 54.3 Å². The number of guanidine groups is 1. The first-order valence-corrected chi connectivity index (χ1v) is 11.6. The van der Waals surface area contributed by atoms with E-state index in [0.717, 1.165) is 28.6 Å². The summed E-state index contributed by atoms with van der Waals surface area (Å²) in [5, 5.41) is 2.00. The first kappa shape index (κ1) is 22.2. The van der Waals surface area contributed by atoms with Crippen molar-refractivity contribution in [2.45, 2.75) is 38.5 Å². The summed E-state index contributed by atoms with van der Waals surface area (Å²) in [5.74, 6) is 1.73. The van der Waals surface area contributed by atoms with E-state index < -0.39 is 0 Å². The molecular formula is C26H34N4O2. The molecule has 0 radical (unpaired) electrons. The number of hydrogen-bond acceptors (Lipinski definition) is 4. The third-order valence-electron chi connectivity index (χ3n) is 6.27. The Morgan fingerprint density at radius 1 is 1.12 bits per heavy atom. The van der Waals surface area contributed by atoms with Crippen LogP contribution in [-0.4, -0.2) is 44.7 Å². The van der Waals surface area contributed by atoms with Crippen LogP contribution in [0.15, 0.2) is 58.1 Å². The van der Waals surface area contributed by atoms with Crippen LogP contribution in [0.3, 0.4) is 0 Å². The molecule has 3 aromatic rings. The number of furan rings is 1. The number of nitrogens with zero attached hydrogens (tertiary/aromatic N) is 3. The number of nitrogens with two attached hydrogens (primary N) is 1. The maximum atomic E-state index is 6.36. The molecule has 0 amide bonds. The monoisotopic (exact) mass is 434 g/mol. The molecule has 0 spiro atoms. The molecule has 1 saturated heterocycles. The van der Waals surface area contributed by atoms with Crippen molar-refractivity contribution in [3.63, 3.8) is 0 Å². The van der Waals surface area contributed by atoms with Gasteiger partial charge < -0.3 is 19.8 Å². The molecule has 2 heterocycles. The Hall–Kier alpha value is -2.99. The number of methoxy groups -OCH3 is 1. The maximum absolute atomic E-state index is 6.36. The fourth-order valence-corrected chi connectivity index (χ4v) is 4.50. The van der Waals surface area contributed by atoms with E-state index in [-0.39, 0.29) is 0 Å². The summed E-state index contributed by atoms with van der Waals surface area (Å²) in [6.45, 7) is 3.79. The zero-order valence-electron chi connectivity index (χ0n) is 19.2. The number of benzene rings is 2. The Kier molecular flexibility index (Phi) is 7.32. The molecule has 4 rings (SSSR count). The number of rotatable bonds is 9. The van der Waals surface area contributed by atoms with Crippen molar-refractivity contribution in [2.24, 2.45) is 10.7 Å². The average Bonchev–Trinajstić information content (AvgIpc) is 3.49. The number of aliphatic imine (C=N–C) groups is 1. The number of aryl methyl sites for hydroxylation is 1. The van der Waals surface area contributed by atoms with Crippen molar-refractivity contribution in [2.75, 3.05) is 38.7 Å². The van der Waals surface area contributed by atoms with Gasteiger partial charge in [0.05, 0.1) is 12.8 Å². The molecule has 0 aliphatic carbocycles. The molecule has 0 bridgehead atoms. The lowest BCUT2D eigenvalue weighted by Crippen LogP contribution is -2.33. The molecule has 6 nitrogen and oxygen atoms in total. The van der Waals surface area contributed by atoms with Crippen LogP contribution >= 0.6 is 0 Å². The van der Waals surface area contributed by atoms with Crippen molar-refractivity contribution < 1.29 is 9.15 Å². The summed E-state index contributed by atoms with van der Waals surface area (Å²) >= 11 is 0. The van der Waals surface area contributed by atoms with Crippen molar-refractivity contribution in [3.8, 4) is 5.75 Å². The maximum Gasteiger partial charge on any atom is 0.214 e. The lowest BCUT2D eigenvalue weighted by molar-refractivity contribution is 0.328. The summed E-state index contributed by atoms with van der Waals surface area (Å²) in [4.78, 5) is 8.69. The highest BCUT2D eigenvalue weighted by Gasteiger charge is 2.23. The van der Waals surface area contributed by atoms with Crippen LogP contribution in [0.2, 0.25) is 0 Å². The van der Waals surface area contributed by atoms with Gasteiger partial charge in [0.1, 0.15) is 12.0 Å². The first-order valence-electron chi connectivity index (χ1n) is 11.6. The fourth-order valence-electron chi connectivity index (χ4n) is 4.50. The second-order valence-corrected chi connectivity index (χ2v) is 8.41. The smallest absolute Gasteiger partial charge is 0.214 e. The summed E-state index contributed by atoms with van der Waals surface area (Å²) in [7, 11) is 3.36. The Labute approximate surface area is 190 Å². The average molecular weight is 435 g/mol. The van der Waals surface area contributed by atoms with Crippen LogP contribution in [0.4, 0.5) is 11.6 Å². The SMILES string of the molecule is CN=C(N)N(c1cc(CCCCCN2CCCC2)ccc1OC)c1occ2ccccc12. The number of ether oxygens (including phenoxy) is 1. The van der Waals surface area contributed by atoms with Gasteiger partial charge in [-0.15, -0.1) is 0 Å². The second kappa shape index (κ2) is 10.6. The molecule has 0 atom stereocenters. The molecule has 170 valence electrons. The number of hydrogen-bond donors (Lipinski definition) is 1. The van der Waals surface area contributed by atoms with Crippen molar-refractivity contribution >= 4 is 28.3 Å². The molecule has 2 aromatic carbocycles. The summed E-state index contributed by atoms with van der Waals surface area (Å²) in [6.07, 6.45) is 9.16. The van der Waals surface area contributed by atoms with Gasteiger partial charge in [0.2, 0.25) is 11.8 Å². The van der Waals surface area contributed by atoms with Gasteiger partial charge in [-0.25, -0.2) is 4.90 Å². The normalized spacial score (nSPS) is 14.9. The molecule has 0 saturated carbocycles. The van der Waals surface area contributed by atoms with Crippen molar-refractivity contribution in [1.29, 1.82) is 0 Å². The van der Waals surface area contributed by atoms with Gasteiger partial charge in [-0.05, 0) is 75.5 Å². The van der Waals surface area contributed by atoms with E-state index in [2.05, 4.69) is 22.0 Å². The van der Waals surface area contributed by atoms with Gasteiger partial charge >= 0.3 is 0 Å². The van der Waals surface area contributed by atoms with Crippen LogP contribution in [0, 0.1) is 0 Å². The van der Waals surface area contributed by atoms with E-state index in [1.54, 1.807) is 20.4 Å². The third-order valence-corrected chi connectivity index (χ3v) is 6.27. The lowest BCUT2D eigenvalue weighted by atomic mass is 10.0. The number of unbranched alkanes of at least 4 members (excludes halogenated alkanes) is 2. The van der Waals surface area contributed by atoms with E-state index in [9.17, 15) is 0 Å². The van der Waals surface area contributed by atoms with Gasteiger partial charge in [0.25, 0.3) is 0 Å². The molecular weight excluding hydrogens is 400 g/mol. The van der Waals surface area contributed by atoms with Gasteiger partial charge in [0.15, 0.2) is 0 Å². The van der Waals surface area contributed by atoms with Gasteiger partial charge in [0, 0.05) is 17.8 Å². The molecule has 1 aromatic heterocycles. The number of anilines is 2. The molecule has 1 aliphatic rings. The molecule has 1 fully saturated rings. The van der Waals surface area contributed by atoms with Crippen LogP contribution in [0.1, 0.15) is 37.7 Å². The Bertz CT molecular complexity index is 1050. The molecule has 6 heteroatoms. The zero-order chi connectivity index (χ0) is 22.3. The first-order chi connectivity index (χ1) is 15.7. The third kappa shape index (κ3) is 4.91.